The molecule has 4 heterocycles. The van der Waals surface area contributed by atoms with Crippen LogP contribution in [0.3, 0.4) is 0 Å². The molecule has 4 rings (SSSR count). The minimum absolute atomic E-state index is 0.0938. The highest BCUT2D eigenvalue weighted by atomic mass is 32.2. The molecule has 1 saturated heterocycles. The second-order valence-corrected chi connectivity index (χ2v) is 11.0. The molecule has 3 aromatic rings. The first-order valence-electron chi connectivity index (χ1n) is 10.8. The van der Waals surface area contributed by atoms with Gasteiger partial charge in [0.05, 0.1) is 12.0 Å². The number of pyridine rings is 1. The van der Waals surface area contributed by atoms with Gasteiger partial charge < -0.3 is 9.84 Å². The van der Waals surface area contributed by atoms with Crippen molar-refractivity contribution >= 4 is 33.3 Å². The van der Waals surface area contributed by atoms with Gasteiger partial charge in [0, 0.05) is 19.3 Å². The van der Waals surface area contributed by atoms with E-state index in [4.69, 9.17) is 4.52 Å². The molecule has 1 fully saturated rings. The van der Waals surface area contributed by atoms with Crippen molar-refractivity contribution in [3.05, 3.63) is 41.7 Å². The van der Waals surface area contributed by atoms with Crippen LogP contribution in [-0.2, 0) is 14.8 Å². The van der Waals surface area contributed by atoms with Crippen molar-refractivity contribution in [2.24, 2.45) is 5.92 Å². The lowest BCUT2D eigenvalue weighted by Gasteiger charge is -2.32. The Bertz CT molecular complexity index is 1220. The highest BCUT2D eigenvalue weighted by molar-refractivity contribution is 7.98. The Labute approximate surface area is 197 Å². The molecule has 10 nitrogen and oxygen atoms in total. The van der Waals surface area contributed by atoms with Gasteiger partial charge in [0.15, 0.2) is 17.2 Å². The van der Waals surface area contributed by atoms with Crippen molar-refractivity contribution in [2.75, 3.05) is 25.1 Å². The third-order valence-corrected chi connectivity index (χ3v) is 8.65. The minimum Gasteiger partial charge on any atom is -0.360 e. The van der Waals surface area contributed by atoms with E-state index in [1.807, 2.05) is 35.1 Å². The average Bonchev–Trinajstić information content (AvgIpc) is 3.39. The molecule has 0 aromatic carbocycles. The minimum atomic E-state index is -3.79. The van der Waals surface area contributed by atoms with Gasteiger partial charge in [-0.25, -0.2) is 8.42 Å². The SMILES string of the molecule is CSCCC(NC(=O)C1CCCN(S(=O)(=O)c2c(C)noc2C)C1)c1nnc2ccccn12. The van der Waals surface area contributed by atoms with Crippen LogP contribution in [0.25, 0.3) is 5.65 Å². The summed E-state index contributed by atoms with van der Waals surface area (Å²) in [4.78, 5) is 13.4. The topological polar surface area (TPSA) is 123 Å². The number of aryl methyl sites for hydroxylation is 2. The standard InChI is InChI=1S/C21H28N6O4S2/c1-14-19(15(2)31-25-14)33(29,30)26-10-6-7-16(13-26)21(28)22-17(9-12-32-3)20-24-23-18-8-4-5-11-27(18)20/h4-5,8,11,16-17H,6-7,9-10,12-13H2,1-3H3,(H,22,28). The number of fused-ring (bicyclic) bond motifs is 1. The summed E-state index contributed by atoms with van der Waals surface area (Å²) in [6.45, 7) is 3.67. The maximum absolute atomic E-state index is 13.3. The third-order valence-electron chi connectivity index (χ3n) is 5.90. The van der Waals surface area contributed by atoms with Crippen LogP contribution < -0.4 is 5.32 Å². The zero-order valence-corrected chi connectivity index (χ0v) is 20.5. The Morgan fingerprint density at radius 3 is 2.88 bits per heavy atom. The average molecular weight is 493 g/mol. The van der Waals surface area contributed by atoms with Crippen LogP contribution in [0.1, 0.15) is 42.6 Å². The number of piperidine rings is 1. The van der Waals surface area contributed by atoms with Gasteiger partial charge in [0.2, 0.25) is 15.9 Å². The molecule has 3 aromatic heterocycles. The van der Waals surface area contributed by atoms with E-state index in [1.165, 1.54) is 4.31 Å². The van der Waals surface area contributed by atoms with Crippen LogP contribution in [0.4, 0.5) is 0 Å². The van der Waals surface area contributed by atoms with Crippen molar-refractivity contribution in [2.45, 2.75) is 44.0 Å². The first-order valence-corrected chi connectivity index (χ1v) is 13.7. The van der Waals surface area contributed by atoms with Crippen LogP contribution in [0.5, 0.6) is 0 Å². The van der Waals surface area contributed by atoms with Gasteiger partial charge >= 0.3 is 0 Å². The molecule has 2 unspecified atom stereocenters. The lowest BCUT2D eigenvalue weighted by molar-refractivity contribution is -0.126. The molecule has 12 heteroatoms. The largest absolute Gasteiger partial charge is 0.360 e. The molecule has 178 valence electrons. The lowest BCUT2D eigenvalue weighted by Crippen LogP contribution is -2.46. The van der Waals surface area contributed by atoms with Crippen molar-refractivity contribution in [3.63, 3.8) is 0 Å². The molecule has 0 saturated carbocycles. The maximum Gasteiger partial charge on any atom is 0.248 e. The van der Waals surface area contributed by atoms with Crippen molar-refractivity contribution in [1.29, 1.82) is 0 Å². The number of carbonyl (C=O) groups excluding carboxylic acids is 1. The molecular formula is C21H28N6O4S2. The first kappa shape index (κ1) is 23.7. The van der Waals surface area contributed by atoms with E-state index in [-0.39, 0.29) is 29.1 Å². The molecule has 0 aliphatic carbocycles. The quantitative estimate of drug-likeness (QED) is 0.508. The van der Waals surface area contributed by atoms with Crippen LogP contribution >= 0.6 is 11.8 Å². The third kappa shape index (κ3) is 4.78. The molecule has 2 atom stereocenters. The number of hydrogen-bond donors (Lipinski definition) is 1. The van der Waals surface area contributed by atoms with Crippen molar-refractivity contribution < 1.29 is 17.7 Å². The molecule has 1 aliphatic rings. The van der Waals surface area contributed by atoms with Gasteiger partial charge in [0.1, 0.15) is 10.6 Å². The van der Waals surface area contributed by atoms with Crippen molar-refractivity contribution in [1.82, 2.24) is 29.4 Å². The van der Waals surface area contributed by atoms with E-state index in [0.29, 0.717) is 43.0 Å². The zero-order chi connectivity index (χ0) is 23.6. The Hall–Kier alpha value is -2.44. The fourth-order valence-corrected chi connectivity index (χ4v) is 6.52. The van der Waals surface area contributed by atoms with E-state index in [2.05, 4.69) is 20.7 Å². The number of thioether (sulfide) groups is 1. The number of sulfonamides is 1. The molecular weight excluding hydrogens is 464 g/mol. The van der Waals surface area contributed by atoms with Gasteiger partial charge in [-0.15, -0.1) is 10.2 Å². The summed E-state index contributed by atoms with van der Waals surface area (Å²) >= 11 is 1.69. The van der Waals surface area contributed by atoms with Gasteiger partial charge in [0.25, 0.3) is 0 Å². The van der Waals surface area contributed by atoms with E-state index in [0.717, 1.165) is 5.75 Å². The van der Waals surface area contributed by atoms with Crippen LogP contribution in [-0.4, -0.2) is 63.5 Å². The number of aromatic nitrogens is 4. The predicted molar refractivity (Wildman–Crippen MR) is 124 cm³/mol. The predicted octanol–water partition coefficient (Wildman–Crippen LogP) is 2.35. The number of rotatable bonds is 8. The Morgan fingerprint density at radius 2 is 2.15 bits per heavy atom. The first-order chi connectivity index (χ1) is 15.8. The van der Waals surface area contributed by atoms with E-state index < -0.39 is 15.9 Å². The molecule has 33 heavy (non-hydrogen) atoms. The van der Waals surface area contributed by atoms with E-state index in [1.54, 1.807) is 25.6 Å². The summed E-state index contributed by atoms with van der Waals surface area (Å²) in [5, 5.41) is 15.4. The van der Waals surface area contributed by atoms with Gasteiger partial charge in [-0.2, -0.15) is 16.1 Å². The summed E-state index contributed by atoms with van der Waals surface area (Å²) < 4.78 is 34.8. The Morgan fingerprint density at radius 1 is 1.33 bits per heavy atom. The highest BCUT2D eigenvalue weighted by Crippen LogP contribution is 2.28. The normalized spacial score (nSPS) is 18.5. The number of carbonyl (C=O) groups is 1. The van der Waals surface area contributed by atoms with Crippen LogP contribution in [0.2, 0.25) is 0 Å². The zero-order valence-electron chi connectivity index (χ0n) is 18.9. The number of hydrogen-bond acceptors (Lipinski definition) is 8. The van der Waals surface area contributed by atoms with E-state index >= 15 is 0 Å². The summed E-state index contributed by atoms with van der Waals surface area (Å²) in [7, 11) is -3.79. The smallest absolute Gasteiger partial charge is 0.248 e. The second kappa shape index (κ2) is 9.82. The molecule has 0 spiro atoms. The molecule has 1 amide bonds. The van der Waals surface area contributed by atoms with Crippen LogP contribution in [0.15, 0.2) is 33.8 Å². The summed E-state index contributed by atoms with van der Waals surface area (Å²) in [5.41, 5.74) is 1.04. The second-order valence-electron chi connectivity index (χ2n) is 8.19. The van der Waals surface area contributed by atoms with Gasteiger partial charge in [-0.05, 0) is 57.3 Å². The summed E-state index contributed by atoms with van der Waals surface area (Å²) in [6, 6.07) is 5.32. The molecule has 1 aliphatic heterocycles. The highest BCUT2D eigenvalue weighted by Gasteiger charge is 2.37. The molecule has 0 radical (unpaired) electrons. The number of amides is 1. The number of nitrogens with one attached hydrogen (secondary N) is 1. The summed E-state index contributed by atoms with van der Waals surface area (Å²) in [6.07, 6.45) is 5.80. The molecule has 0 bridgehead atoms. The van der Waals surface area contributed by atoms with Gasteiger partial charge in [-0.1, -0.05) is 11.2 Å². The monoisotopic (exact) mass is 492 g/mol. The Balaban J connectivity index is 1.52. The van der Waals surface area contributed by atoms with Crippen LogP contribution in [0, 0.1) is 19.8 Å². The number of nitrogens with zero attached hydrogens (tertiary/aromatic N) is 5. The lowest BCUT2D eigenvalue weighted by atomic mass is 9.98. The Kier molecular flexibility index (Phi) is 7.05. The van der Waals surface area contributed by atoms with Gasteiger partial charge in [-0.3, -0.25) is 9.20 Å². The maximum atomic E-state index is 13.3. The fraction of sp³-hybridized carbons (Fsp3) is 0.524. The van der Waals surface area contributed by atoms with E-state index in [9.17, 15) is 13.2 Å². The summed E-state index contributed by atoms with van der Waals surface area (Å²) in [5.74, 6) is 1.14. The van der Waals surface area contributed by atoms with Crippen molar-refractivity contribution in [3.8, 4) is 0 Å². The fourth-order valence-electron chi connectivity index (χ4n) is 4.24. The molecule has 1 N–H and O–H groups in total.